The van der Waals surface area contributed by atoms with Gasteiger partial charge >= 0.3 is 11.9 Å². The minimum absolute atomic E-state index is 0.0454. The predicted molar refractivity (Wildman–Crippen MR) is 64.4 cm³/mol. The molecule has 0 bridgehead atoms. The highest BCUT2D eigenvalue weighted by molar-refractivity contribution is 5.83. The Bertz CT molecular complexity index is 355. The van der Waals surface area contributed by atoms with Crippen LogP contribution < -0.4 is 10.6 Å². The number of hydrogen-bond donors (Lipinski definition) is 4. The van der Waals surface area contributed by atoms with E-state index in [1.807, 2.05) is 0 Å². The van der Waals surface area contributed by atoms with Gasteiger partial charge in [-0.2, -0.15) is 0 Å². The van der Waals surface area contributed by atoms with E-state index in [0.717, 1.165) is 0 Å². The maximum atomic E-state index is 11.4. The fourth-order valence-electron chi connectivity index (χ4n) is 1.32. The first kappa shape index (κ1) is 16.9. The summed E-state index contributed by atoms with van der Waals surface area (Å²) in [6.07, 6.45) is 0.0338. The number of carbonyl (C=O) groups is 4. The first-order valence-corrected chi connectivity index (χ1v) is 5.81. The molecular weight excluding hydrogens is 256 g/mol. The number of carboxylic acid groups (broad SMARTS) is 2. The molecule has 0 radical (unpaired) electrons. The molecule has 0 spiro atoms. The van der Waals surface area contributed by atoms with Crippen LogP contribution in [0.2, 0.25) is 0 Å². The van der Waals surface area contributed by atoms with Crippen molar-refractivity contribution in [2.75, 3.05) is 6.54 Å². The zero-order valence-electron chi connectivity index (χ0n) is 10.6. The average Bonchev–Trinajstić information content (AvgIpc) is 2.26. The molecule has 0 aromatic heterocycles. The number of carboxylic acids is 2. The van der Waals surface area contributed by atoms with Gasteiger partial charge in [-0.05, 0) is 12.8 Å². The standard InChI is InChI=1S/C11H18N2O6/c1-7(14)12-6-5-8(11(18)19)13-9(15)3-2-4-10(16)17/h8H,2-6H2,1H3,(H,12,14)(H,13,15)(H,16,17)(H,18,19)/t8-/m1/s1. The lowest BCUT2D eigenvalue weighted by Gasteiger charge is -2.14. The Morgan fingerprint density at radius 3 is 2.21 bits per heavy atom. The zero-order chi connectivity index (χ0) is 14.8. The van der Waals surface area contributed by atoms with Gasteiger partial charge in [0.05, 0.1) is 0 Å². The van der Waals surface area contributed by atoms with E-state index in [0.29, 0.717) is 0 Å². The minimum atomic E-state index is -1.20. The van der Waals surface area contributed by atoms with Crippen LogP contribution in [0, 0.1) is 0 Å². The molecule has 0 saturated carbocycles. The molecule has 108 valence electrons. The molecule has 0 heterocycles. The summed E-state index contributed by atoms with van der Waals surface area (Å²) in [5.41, 5.74) is 0. The number of hydrogen-bond acceptors (Lipinski definition) is 4. The van der Waals surface area contributed by atoms with Crippen LogP contribution in [0.5, 0.6) is 0 Å². The molecule has 0 saturated heterocycles. The average molecular weight is 274 g/mol. The van der Waals surface area contributed by atoms with Crippen LogP contribution in [0.1, 0.15) is 32.6 Å². The van der Waals surface area contributed by atoms with Crippen molar-refractivity contribution in [3.05, 3.63) is 0 Å². The molecule has 8 heteroatoms. The van der Waals surface area contributed by atoms with Crippen molar-refractivity contribution in [1.82, 2.24) is 10.6 Å². The summed E-state index contributed by atoms with van der Waals surface area (Å²) in [5.74, 6) is -3.00. The molecule has 4 N–H and O–H groups in total. The summed E-state index contributed by atoms with van der Waals surface area (Å²) in [4.78, 5) is 43.1. The second-order valence-electron chi connectivity index (χ2n) is 3.98. The first-order valence-electron chi connectivity index (χ1n) is 5.81. The highest BCUT2D eigenvalue weighted by Gasteiger charge is 2.19. The summed E-state index contributed by atoms with van der Waals surface area (Å²) in [6.45, 7) is 1.45. The lowest BCUT2D eigenvalue weighted by molar-refractivity contribution is -0.142. The van der Waals surface area contributed by atoms with Crippen molar-refractivity contribution in [3.63, 3.8) is 0 Å². The van der Waals surface area contributed by atoms with Gasteiger partial charge in [0.25, 0.3) is 0 Å². The Balaban J connectivity index is 4.04. The van der Waals surface area contributed by atoms with Crippen molar-refractivity contribution in [2.24, 2.45) is 0 Å². The van der Waals surface area contributed by atoms with Crippen LogP contribution in [-0.4, -0.2) is 46.6 Å². The second-order valence-corrected chi connectivity index (χ2v) is 3.98. The van der Waals surface area contributed by atoms with Crippen molar-refractivity contribution < 1.29 is 29.4 Å². The molecule has 19 heavy (non-hydrogen) atoms. The summed E-state index contributed by atoms with van der Waals surface area (Å²) < 4.78 is 0. The summed E-state index contributed by atoms with van der Waals surface area (Å²) >= 11 is 0. The largest absolute Gasteiger partial charge is 0.481 e. The fraction of sp³-hybridized carbons (Fsp3) is 0.636. The summed E-state index contributed by atoms with van der Waals surface area (Å²) in [6, 6.07) is -1.09. The highest BCUT2D eigenvalue weighted by Crippen LogP contribution is 1.98. The molecule has 2 amide bonds. The third-order valence-electron chi connectivity index (χ3n) is 2.23. The quantitative estimate of drug-likeness (QED) is 0.441. The fourth-order valence-corrected chi connectivity index (χ4v) is 1.32. The highest BCUT2D eigenvalue weighted by atomic mass is 16.4. The Morgan fingerprint density at radius 2 is 1.74 bits per heavy atom. The molecule has 0 aliphatic heterocycles. The van der Waals surface area contributed by atoms with E-state index < -0.39 is 23.9 Å². The molecule has 0 aliphatic rings. The van der Waals surface area contributed by atoms with Crippen LogP contribution in [0.15, 0.2) is 0 Å². The van der Waals surface area contributed by atoms with Gasteiger partial charge in [-0.3, -0.25) is 14.4 Å². The van der Waals surface area contributed by atoms with Gasteiger partial charge in [0.1, 0.15) is 6.04 Å². The van der Waals surface area contributed by atoms with Crippen molar-refractivity contribution in [3.8, 4) is 0 Å². The third-order valence-corrected chi connectivity index (χ3v) is 2.23. The number of rotatable bonds is 9. The molecule has 0 unspecified atom stereocenters. The van der Waals surface area contributed by atoms with Crippen LogP contribution in [0.25, 0.3) is 0 Å². The van der Waals surface area contributed by atoms with E-state index in [-0.39, 0.29) is 38.1 Å². The van der Waals surface area contributed by atoms with Gasteiger partial charge in [-0.15, -0.1) is 0 Å². The van der Waals surface area contributed by atoms with E-state index >= 15 is 0 Å². The summed E-state index contributed by atoms with van der Waals surface area (Å²) in [5, 5.41) is 22.0. The number of aliphatic carboxylic acids is 2. The molecule has 1 atom stereocenters. The lowest BCUT2D eigenvalue weighted by atomic mass is 10.1. The van der Waals surface area contributed by atoms with E-state index in [1.165, 1.54) is 6.92 Å². The van der Waals surface area contributed by atoms with Crippen LogP contribution in [0.3, 0.4) is 0 Å². The molecule has 0 aromatic carbocycles. The van der Waals surface area contributed by atoms with Gasteiger partial charge in [0, 0.05) is 26.3 Å². The van der Waals surface area contributed by atoms with Crippen molar-refractivity contribution in [2.45, 2.75) is 38.6 Å². The normalized spacial score (nSPS) is 11.4. The lowest BCUT2D eigenvalue weighted by Crippen LogP contribution is -2.42. The van der Waals surface area contributed by atoms with Gasteiger partial charge in [0.15, 0.2) is 0 Å². The molecule has 8 nitrogen and oxygen atoms in total. The first-order chi connectivity index (χ1) is 8.82. The van der Waals surface area contributed by atoms with E-state index in [9.17, 15) is 19.2 Å². The molecule has 0 aromatic rings. The van der Waals surface area contributed by atoms with E-state index in [1.54, 1.807) is 0 Å². The van der Waals surface area contributed by atoms with Crippen LogP contribution >= 0.6 is 0 Å². The molecule has 0 fully saturated rings. The number of carbonyl (C=O) groups excluding carboxylic acids is 2. The predicted octanol–water partition coefficient (Wildman–Crippen LogP) is -0.663. The van der Waals surface area contributed by atoms with Crippen LogP contribution in [-0.2, 0) is 19.2 Å². The molecule has 0 rings (SSSR count). The Morgan fingerprint density at radius 1 is 1.11 bits per heavy atom. The van der Waals surface area contributed by atoms with Crippen molar-refractivity contribution >= 4 is 23.8 Å². The van der Waals surface area contributed by atoms with Crippen molar-refractivity contribution in [1.29, 1.82) is 0 Å². The molecular formula is C11H18N2O6. The molecule has 0 aliphatic carbocycles. The Kier molecular flexibility index (Phi) is 7.90. The Hall–Kier alpha value is -2.12. The SMILES string of the molecule is CC(=O)NCC[C@@H](NC(=O)CCCC(=O)O)C(=O)O. The second kappa shape index (κ2) is 8.90. The Labute approximate surface area is 110 Å². The van der Waals surface area contributed by atoms with E-state index in [2.05, 4.69) is 10.6 Å². The summed E-state index contributed by atoms with van der Waals surface area (Å²) in [7, 11) is 0. The third kappa shape index (κ3) is 9.57. The maximum absolute atomic E-state index is 11.4. The van der Waals surface area contributed by atoms with Gasteiger partial charge in [-0.1, -0.05) is 0 Å². The van der Waals surface area contributed by atoms with Gasteiger partial charge in [-0.25, -0.2) is 4.79 Å². The van der Waals surface area contributed by atoms with E-state index in [4.69, 9.17) is 10.2 Å². The topological polar surface area (TPSA) is 133 Å². The number of nitrogens with one attached hydrogen (secondary N) is 2. The minimum Gasteiger partial charge on any atom is -0.481 e. The maximum Gasteiger partial charge on any atom is 0.326 e. The van der Waals surface area contributed by atoms with Gasteiger partial charge in [0.2, 0.25) is 11.8 Å². The number of amides is 2. The smallest absolute Gasteiger partial charge is 0.326 e. The van der Waals surface area contributed by atoms with Crippen LogP contribution in [0.4, 0.5) is 0 Å². The van der Waals surface area contributed by atoms with Gasteiger partial charge < -0.3 is 20.8 Å². The zero-order valence-corrected chi connectivity index (χ0v) is 10.6. The monoisotopic (exact) mass is 274 g/mol.